The van der Waals surface area contributed by atoms with Crippen molar-refractivity contribution in [3.05, 3.63) is 52.3 Å². The maximum absolute atomic E-state index is 12.2. The predicted molar refractivity (Wildman–Crippen MR) is 82.2 cm³/mol. The molecule has 1 amide bonds. The van der Waals surface area contributed by atoms with E-state index in [1.54, 1.807) is 35.4 Å². The predicted octanol–water partition coefficient (Wildman–Crippen LogP) is 3.62. The van der Waals surface area contributed by atoms with Crippen LogP contribution < -0.4 is 4.74 Å². The van der Waals surface area contributed by atoms with E-state index >= 15 is 0 Å². The van der Waals surface area contributed by atoms with E-state index < -0.39 is 0 Å². The lowest BCUT2D eigenvalue weighted by molar-refractivity contribution is 0.0767. The molecule has 0 radical (unpaired) electrons. The van der Waals surface area contributed by atoms with Gasteiger partial charge in [-0.3, -0.25) is 4.79 Å². The molecule has 0 saturated carbocycles. The SMILES string of the molecule is O=C(c1ccc[nH]1)N1CCC(Oc2ccc(Cl)c(Cl)c2)C1. The number of carbonyl (C=O) groups excluding carboxylic acids is 1. The third-order valence-corrected chi connectivity index (χ3v) is 4.19. The lowest BCUT2D eigenvalue weighted by atomic mass is 10.3. The number of hydrogen-bond donors (Lipinski definition) is 1. The van der Waals surface area contributed by atoms with Gasteiger partial charge < -0.3 is 14.6 Å². The molecule has 3 rings (SSSR count). The standard InChI is InChI=1S/C15H14Cl2N2O2/c16-12-4-3-10(8-13(12)17)21-11-5-7-19(9-11)15(20)14-2-1-6-18-14/h1-4,6,8,11,18H,5,7,9H2. The van der Waals surface area contributed by atoms with Crippen molar-refractivity contribution < 1.29 is 9.53 Å². The summed E-state index contributed by atoms with van der Waals surface area (Å²) in [5.41, 5.74) is 0.602. The maximum Gasteiger partial charge on any atom is 0.270 e. The second kappa shape index (κ2) is 6.00. The highest BCUT2D eigenvalue weighted by atomic mass is 35.5. The third-order valence-electron chi connectivity index (χ3n) is 3.45. The van der Waals surface area contributed by atoms with E-state index in [2.05, 4.69) is 4.98 Å². The first-order chi connectivity index (χ1) is 10.1. The number of halogens is 2. The fourth-order valence-electron chi connectivity index (χ4n) is 2.39. The summed E-state index contributed by atoms with van der Waals surface area (Å²) in [6.45, 7) is 1.25. The number of aromatic amines is 1. The van der Waals surface area contributed by atoms with Gasteiger partial charge in [-0.05, 0) is 24.3 Å². The van der Waals surface area contributed by atoms with Crippen LogP contribution in [-0.4, -0.2) is 35.0 Å². The number of carbonyl (C=O) groups is 1. The number of ether oxygens (including phenoxy) is 1. The Hall–Kier alpha value is -1.65. The van der Waals surface area contributed by atoms with Crippen LogP contribution >= 0.6 is 23.2 Å². The summed E-state index contributed by atoms with van der Waals surface area (Å²) in [6, 6.07) is 8.77. The lowest BCUT2D eigenvalue weighted by Crippen LogP contribution is -2.31. The van der Waals surface area contributed by atoms with Crippen molar-refractivity contribution in [3.8, 4) is 5.75 Å². The molecular weight excluding hydrogens is 311 g/mol. The summed E-state index contributed by atoms with van der Waals surface area (Å²) in [6.07, 6.45) is 2.51. The fourth-order valence-corrected chi connectivity index (χ4v) is 2.67. The quantitative estimate of drug-likeness (QED) is 0.937. The van der Waals surface area contributed by atoms with Crippen molar-refractivity contribution >= 4 is 29.1 Å². The van der Waals surface area contributed by atoms with E-state index in [1.807, 2.05) is 6.07 Å². The Morgan fingerprint density at radius 3 is 2.86 bits per heavy atom. The number of amides is 1. The van der Waals surface area contributed by atoms with E-state index in [1.165, 1.54) is 0 Å². The molecule has 6 heteroatoms. The van der Waals surface area contributed by atoms with E-state index in [0.29, 0.717) is 34.6 Å². The van der Waals surface area contributed by atoms with Crippen LogP contribution in [0.3, 0.4) is 0 Å². The van der Waals surface area contributed by atoms with Gasteiger partial charge in [-0.25, -0.2) is 0 Å². The molecule has 1 unspecified atom stereocenters. The third kappa shape index (κ3) is 3.17. The van der Waals surface area contributed by atoms with Gasteiger partial charge in [0.25, 0.3) is 5.91 Å². The lowest BCUT2D eigenvalue weighted by Gasteiger charge is -2.17. The van der Waals surface area contributed by atoms with Crippen LogP contribution in [0.1, 0.15) is 16.9 Å². The van der Waals surface area contributed by atoms with E-state index in [4.69, 9.17) is 27.9 Å². The molecule has 1 aromatic heterocycles. The van der Waals surface area contributed by atoms with Crippen molar-refractivity contribution in [1.82, 2.24) is 9.88 Å². The van der Waals surface area contributed by atoms with Gasteiger partial charge in [0.05, 0.1) is 16.6 Å². The summed E-state index contributed by atoms with van der Waals surface area (Å²) in [5.74, 6) is 0.670. The van der Waals surface area contributed by atoms with Crippen molar-refractivity contribution in [3.63, 3.8) is 0 Å². The minimum atomic E-state index is -0.0267. The molecule has 110 valence electrons. The maximum atomic E-state index is 12.2. The molecule has 4 nitrogen and oxygen atoms in total. The minimum Gasteiger partial charge on any atom is -0.488 e. The van der Waals surface area contributed by atoms with Gasteiger partial charge >= 0.3 is 0 Å². The van der Waals surface area contributed by atoms with Crippen LogP contribution in [0.2, 0.25) is 10.0 Å². The first kappa shape index (κ1) is 14.3. The number of H-pyrrole nitrogens is 1. The Morgan fingerprint density at radius 1 is 1.29 bits per heavy atom. The molecule has 2 heterocycles. The molecule has 1 fully saturated rings. The normalized spacial score (nSPS) is 18.0. The zero-order chi connectivity index (χ0) is 14.8. The smallest absolute Gasteiger partial charge is 0.270 e. The second-order valence-electron chi connectivity index (χ2n) is 4.94. The Labute approximate surface area is 132 Å². The van der Waals surface area contributed by atoms with Crippen LogP contribution in [0.25, 0.3) is 0 Å². The van der Waals surface area contributed by atoms with Crippen LogP contribution in [0, 0.1) is 0 Å². The molecule has 0 aliphatic carbocycles. The zero-order valence-electron chi connectivity index (χ0n) is 11.2. The average Bonchev–Trinajstić information content (AvgIpc) is 3.13. The average molecular weight is 325 g/mol. The monoisotopic (exact) mass is 324 g/mol. The number of nitrogens with one attached hydrogen (secondary N) is 1. The van der Waals surface area contributed by atoms with Gasteiger partial charge in [-0.1, -0.05) is 23.2 Å². The Kier molecular flexibility index (Phi) is 4.08. The molecule has 1 atom stereocenters. The summed E-state index contributed by atoms with van der Waals surface area (Å²) >= 11 is 11.8. The van der Waals surface area contributed by atoms with E-state index in [9.17, 15) is 4.79 Å². The molecule has 1 aromatic carbocycles. The fraction of sp³-hybridized carbons (Fsp3) is 0.267. The van der Waals surface area contributed by atoms with Gasteiger partial charge in [-0.2, -0.15) is 0 Å². The molecule has 1 saturated heterocycles. The highest BCUT2D eigenvalue weighted by Crippen LogP contribution is 2.28. The molecule has 1 N–H and O–H groups in total. The van der Waals surface area contributed by atoms with Gasteiger partial charge in [0.1, 0.15) is 17.5 Å². The molecule has 0 bridgehead atoms. The summed E-state index contributed by atoms with van der Waals surface area (Å²) in [5, 5.41) is 0.963. The Morgan fingerprint density at radius 2 is 2.14 bits per heavy atom. The van der Waals surface area contributed by atoms with E-state index in [0.717, 1.165) is 6.42 Å². The van der Waals surface area contributed by atoms with Gasteiger partial charge in [0.2, 0.25) is 0 Å². The van der Waals surface area contributed by atoms with Crippen LogP contribution in [0.5, 0.6) is 5.75 Å². The second-order valence-corrected chi connectivity index (χ2v) is 5.75. The van der Waals surface area contributed by atoms with Crippen LogP contribution in [0.4, 0.5) is 0 Å². The van der Waals surface area contributed by atoms with Gasteiger partial charge in [0.15, 0.2) is 0 Å². The first-order valence-electron chi connectivity index (χ1n) is 6.68. The summed E-state index contributed by atoms with van der Waals surface area (Å²) < 4.78 is 5.86. The van der Waals surface area contributed by atoms with Gasteiger partial charge in [0, 0.05) is 25.2 Å². The minimum absolute atomic E-state index is 0.000221. The zero-order valence-corrected chi connectivity index (χ0v) is 12.7. The van der Waals surface area contributed by atoms with Crippen molar-refractivity contribution in [2.24, 2.45) is 0 Å². The molecule has 0 spiro atoms. The summed E-state index contributed by atoms with van der Waals surface area (Å²) in [7, 11) is 0. The molecule has 1 aliphatic heterocycles. The molecule has 2 aromatic rings. The molecule has 1 aliphatic rings. The van der Waals surface area contributed by atoms with E-state index in [-0.39, 0.29) is 12.0 Å². The number of hydrogen-bond acceptors (Lipinski definition) is 2. The number of likely N-dealkylation sites (tertiary alicyclic amines) is 1. The number of rotatable bonds is 3. The molecular formula is C15H14Cl2N2O2. The number of aromatic nitrogens is 1. The van der Waals surface area contributed by atoms with Crippen molar-refractivity contribution in [2.75, 3.05) is 13.1 Å². The highest BCUT2D eigenvalue weighted by molar-refractivity contribution is 6.42. The van der Waals surface area contributed by atoms with Gasteiger partial charge in [-0.15, -0.1) is 0 Å². The number of nitrogens with zero attached hydrogens (tertiary/aromatic N) is 1. The summed E-state index contributed by atoms with van der Waals surface area (Å²) in [4.78, 5) is 16.9. The van der Waals surface area contributed by atoms with Crippen LogP contribution in [-0.2, 0) is 0 Å². The number of benzene rings is 1. The van der Waals surface area contributed by atoms with Crippen molar-refractivity contribution in [2.45, 2.75) is 12.5 Å². The topological polar surface area (TPSA) is 45.3 Å². The van der Waals surface area contributed by atoms with Crippen molar-refractivity contribution in [1.29, 1.82) is 0 Å². The highest BCUT2D eigenvalue weighted by Gasteiger charge is 2.28. The first-order valence-corrected chi connectivity index (χ1v) is 7.43. The molecule has 21 heavy (non-hydrogen) atoms. The Bertz CT molecular complexity index is 643. The Balaban J connectivity index is 1.62. The largest absolute Gasteiger partial charge is 0.488 e. The van der Waals surface area contributed by atoms with Crippen LogP contribution in [0.15, 0.2) is 36.5 Å².